The van der Waals surface area contributed by atoms with E-state index in [0.717, 1.165) is 0 Å². The minimum absolute atomic E-state index is 0.255. The number of nitrogens with zero attached hydrogens (tertiary/aromatic N) is 1. The number of β-amino-alcohol motifs (C(OH)–C–C–N with tert-alkyl or cyclic N) is 1. The van der Waals surface area contributed by atoms with E-state index in [-0.39, 0.29) is 18.1 Å². The molecule has 0 aromatic heterocycles. The van der Waals surface area contributed by atoms with Crippen LogP contribution in [0.2, 0.25) is 10.0 Å². The summed E-state index contributed by atoms with van der Waals surface area (Å²) in [7, 11) is 0. The van der Waals surface area contributed by atoms with Crippen LogP contribution in [0, 0.1) is 0 Å². The van der Waals surface area contributed by atoms with E-state index in [1.165, 1.54) is 0 Å². The Hall–Kier alpha value is -1.08. The predicted octanol–water partition coefficient (Wildman–Crippen LogP) is 1.61. The third-order valence-corrected chi connectivity index (χ3v) is 3.93. The number of nitrogens with two attached hydrogens (primary N) is 1. The van der Waals surface area contributed by atoms with Crippen LogP contribution in [0.3, 0.4) is 0 Å². The molecule has 2 atom stereocenters. The summed E-state index contributed by atoms with van der Waals surface area (Å²) in [4.78, 5) is 12.9. The second kappa shape index (κ2) is 6.13. The summed E-state index contributed by atoms with van der Waals surface area (Å²) < 4.78 is 0. The zero-order chi connectivity index (χ0) is 14.9. The van der Waals surface area contributed by atoms with Crippen molar-refractivity contribution in [2.75, 3.05) is 11.9 Å². The van der Waals surface area contributed by atoms with Crippen molar-refractivity contribution in [1.82, 2.24) is 4.90 Å². The second-order valence-corrected chi connectivity index (χ2v) is 5.74. The lowest BCUT2D eigenvalue weighted by Crippen LogP contribution is -2.45. The van der Waals surface area contributed by atoms with Crippen molar-refractivity contribution in [3.05, 3.63) is 28.2 Å². The van der Waals surface area contributed by atoms with E-state index in [0.29, 0.717) is 15.7 Å². The molecule has 4 N–H and O–H groups in total. The predicted molar refractivity (Wildman–Crippen MR) is 83.0 cm³/mol. The molecule has 1 fully saturated rings. The number of rotatable bonds is 2. The number of nitrogens with one attached hydrogen (secondary N) is 1. The van der Waals surface area contributed by atoms with Crippen LogP contribution in [0.25, 0.3) is 0 Å². The van der Waals surface area contributed by atoms with Crippen LogP contribution in [0.1, 0.15) is 6.42 Å². The highest BCUT2D eigenvalue weighted by molar-refractivity contribution is 7.80. The quantitative estimate of drug-likeness (QED) is 0.716. The van der Waals surface area contributed by atoms with E-state index in [1.54, 1.807) is 23.1 Å². The summed E-state index contributed by atoms with van der Waals surface area (Å²) in [6, 6.07) is 4.32. The molecule has 0 radical (unpaired) electrons. The van der Waals surface area contributed by atoms with Crippen LogP contribution in [-0.4, -0.2) is 39.7 Å². The maximum absolute atomic E-state index is 11.4. The van der Waals surface area contributed by atoms with Gasteiger partial charge in [-0.1, -0.05) is 23.2 Å². The molecule has 0 aliphatic carbocycles. The maximum Gasteiger partial charge on any atom is 0.240 e. The van der Waals surface area contributed by atoms with Gasteiger partial charge in [0.05, 0.1) is 16.8 Å². The Kier molecular flexibility index (Phi) is 4.70. The van der Waals surface area contributed by atoms with Crippen molar-refractivity contribution in [3.8, 4) is 0 Å². The van der Waals surface area contributed by atoms with Gasteiger partial charge in [0.25, 0.3) is 0 Å². The van der Waals surface area contributed by atoms with E-state index in [2.05, 4.69) is 5.32 Å². The van der Waals surface area contributed by atoms with E-state index < -0.39 is 18.1 Å². The first-order valence-corrected chi connectivity index (χ1v) is 7.05. The lowest BCUT2D eigenvalue weighted by Gasteiger charge is -2.25. The molecule has 1 aromatic rings. The minimum Gasteiger partial charge on any atom is -0.391 e. The third-order valence-electron chi connectivity index (χ3n) is 3.04. The number of benzene rings is 1. The second-order valence-electron chi connectivity index (χ2n) is 4.51. The number of aliphatic hydroxyl groups is 1. The molecular weight excluding hydrogens is 321 g/mol. The Morgan fingerprint density at radius 2 is 2.20 bits per heavy atom. The summed E-state index contributed by atoms with van der Waals surface area (Å²) in [5.74, 6) is -0.520. The molecule has 0 unspecified atom stereocenters. The Balaban J connectivity index is 2.13. The number of carbonyl (C=O) groups excluding carboxylic acids is 1. The first-order valence-electron chi connectivity index (χ1n) is 5.88. The van der Waals surface area contributed by atoms with E-state index >= 15 is 0 Å². The van der Waals surface area contributed by atoms with Gasteiger partial charge in [0, 0.05) is 18.0 Å². The van der Waals surface area contributed by atoms with Crippen molar-refractivity contribution in [1.29, 1.82) is 0 Å². The topological polar surface area (TPSA) is 78.6 Å². The zero-order valence-electron chi connectivity index (χ0n) is 10.3. The third kappa shape index (κ3) is 3.32. The van der Waals surface area contributed by atoms with Crippen LogP contribution in [0.15, 0.2) is 18.2 Å². The van der Waals surface area contributed by atoms with Crippen LogP contribution >= 0.6 is 35.4 Å². The Bertz CT molecular complexity index is 556. The first-order chi connectivity index (χ1) is 9.38. The number of aliphatic hydroxyl groups excluding tert-OH is 1. The number of thiocarbonyl (C=S) groups is 1. The van der Waals surface area contributed by atoms with Crippen LogP contribution < -0.4 is 11.1 Å². The monoisotopic (exact) mass is 333 g/mol. The fraction of sp³-hybridized carbons (Fsp3) is 0.333. The van der Waals surface area contributed by atoms with E-state index in [1.807, 2.05) is 0 Å². The fourth-order valence-electron chi connectivity index (χ4n) is 2.09. The number of hydrogen-bond donors (Lipinski definition) is 3. The fourth-order valence-corrected chi connectivity index (χ4v) is 2.85. The molecule has 108 valence electrons. The highest BCUT2D eigenvalue weighted by atomic mass is 35.5. The van der Waals surface area contributed by atoms with Crippen molar-refractivity contribution >= 4 is 52.1 Å². The molecular formula is C12H13Cl2N3O2S. The van der Waals surface area contributed by atoms with Gasteiger partial charge in [-0.3, -0.25) is 4.79 Å². The molecule has 1 aromatic carbocycles. The average molecular weight is 334 g/mol. The summed E-state index contributed by atoms with van der Waals surface area (Å²) in [5, 5.41) is 13.8. The van der Waals surface area contributed by atoms with Gasteiger partial charge in [0.2, 0.25) is 5.91 Å². The van der Waals surface area contributed by atoms with Crippen LogP contribution in [-0.2, 0) is 4.79 Å². The SMILES string of the molecule is NC(=O)[C@@H]1C[C@H](O)CN1C(=S)Nc1ccc(Cl)cc1Cl. The van der Waals surface area contributed by atoms with Crippen molar-refractivity contribution in [3.63, 3.8) is 0 Å². The van der Waals surface area contributed by atoms with Crippen molar-refractivity contribution < 1.29 is 9.90 Å². The van der Waals surface area contributed by atoms with Gasteiger partial charge in [-0.25, -0.2) is 0 Å². The van der Waals surface area contributed by atoms with Gasteiger partial charge in [-0.05, 0) is 30.4 Å². The first kappa shape index (κ1) is 15.3. The molecule has 2 rings (SSSR count). The Morgan fingerprint density at radius 3 is 2.80 bits per heavy atom. The maximum atomic E-state index is 11.4. The number of amides is 1. The lowest BCUT2D eigenvalue weighted by molar-refractivity contribution is -0.121. The van der Waals surface area contributed by atoms with Crippen LogP contribution in [0.4, 0.5) is 5.69 Å². The normalized spacial score (nSPS) is 21.9. The van der Waals surface area contributed by atoms with Gasteiger partial charge in [0.15, 0.2) is 5.11 Å². The van der Waals surface area contributed by atoms with E-state index in [4.69, 9.17) is 41.2 Å². The molecule has 20 heavy (non-hydrogen) atoms. The molecule has 1 heterocycles. The van der Waals surface area contributed by atoms with Crippen molar-refractivity contribution in [2.24, 2.45) is 5.73 Å². The number of hydrogen-bond acceptors (Lipinski definition) is 3. The molecule has 0 spiro atoms. The summed E-state index contributed by atoms with van der Waals surface area (Å²) >= 11 is 17.1. The van der Waals surface area contributed by atoms with Gasteiger partial charge < -0.3 is 21.1 Å². The summed E-state index contributed by atoms with van der Waals surface area (Å²) in [5.41, 5.74) is 5.88. The van der Waals surface area contributed by atoms with Crippen molar-refractivity contribution in [2.45, 2.75) is 18.6 Å². The highest BCUT2D eigenvalue weighted by Crippen LogP contribution is 2.27. The Morgan fingerprint density at radius 1 is 1.50 bits per heavy atom. The largest absolute Gasteiger partial charge is 0.391 e. The lowest BCUT2D eigenvalue weighted by atomic mass is 10.2. The summed E-state index contributed by atoms with van der Waals surface area (Å²) in [6.45, 7) is 0.255. The molecule has 1 saturated heterocycles. The van der Waals surface area contributed by atoms with E-state index in [9.17, 15) is 9.90 Å². The molecule has 1 aliphatic heterocycles. The number of primary amides is 1. The van der Waals surface area contributed by atoms with Gasteiger partial charge >= 0.3 is 0 Å². The minimum atomic E-state index is -0.632. The van der Waals surface area contributed by atoms with Gasteiger partial charge in [0.1, 0.15) is 6.04 Å². The smallest absolute Gasteiger partial charge is 0.240 e. The number of halogens is 2. The molecule has 8 heteroatoms. The van der Waals surface area contributed by atoms with Gasteiger partial charge in [-0.2, -0.15) is 0 Å². The number of likely N-dealkylation sites (tertiary alicyclic amines) is 1. The molecule has 1 aliphatic rings. The zero-order valence-corrected chi connectivity index (χ0v) is 12.7. The summed E-state index contributed by atoms with van der Waals surface area (Å²) in [6.07, 6.45) is -0.362. The molecule has 5 nitrogen and oxygen atoms in total. The highest BCUT2D eigenvalue weighted by Gasteiger charge is 2.36. The number of anilines is 1. The molecule has 0 bridgehead atoms. The van der Waals surface area contributed by atoms with Gasteiger partial charge in [-0.15, -0.1) is 0 Å². The standard InChI is InChI=1S/C12H13Cl2N3O2S/c13-6-1-2-9(8(14)3-6)16-12(20)17-5-7(18)4-10(17)11(15)19/h1-3,7,10,18H,4-5H2,(H2,15,19)(H,16,20)/t7-,10-/m0/s1. The number of carbonyl (C=O) groups is 1. The Labute approximate surface area is 131 Å². The molecule has 1 amide bonds. The molecule has 0 saturated carbocycles. The average Bonchev–Trinajstić information content (AvgIpc) is 2.75. The van der Waals surface area contributed by atoms with Crippen LogP contribution in [0.5, 0.6) is 0 Å².